The standard InChI is InChI=1S/C5H8O2.C2H6/c6-4-2-1-3-5-7;1-2/h4-5H,1-3H2;1-2H3. The van der Waals surface area contributed by atoms with Crippen LogP contribution in [0.25, 0.3) is 0 Å². The summed E-state index contributed by atoms with van der Waals surface area (Å²) in [5, 5.41) is 0. The lowest BCUT2D eigenvalue weighted by molar-refractivity contribution is -0.108. The van der Waals surface area contributed by atoms with Gasteiger partial charge in [-0.15, -0.1) is 0 Å². The summed E-state index contributed by atoms with van der Waals surface area (Å²) in [5.74, 6) is 0. The van der Waals surface area contributed by atoms with Crippen molar-refractivity contribution < 1.29 is 9.59 Å². The zero-order valence-corrected chi connectivity index (χ0v) is 6.09. The van der Waals surface area contributed by atoms with Crippen molar-refractivity contribution in [3.8, 4) is 0 Å². The van der Waals surface area contributed by atoms with Crippen LogP contribution in [0.15, 0.2) is 0 Å². The summed E-state index contributed by atoms with van der Waals surface area (Å²) < 4.78 is 0. The molecule has 0 spiro atoms. The van der Waals surface area contributed by atoms with E-state index in [2.05, 4.69) is 0 Å². The molecule has 0 atom stereocenters. The van der Waals surface area contributed by atoms with Gasteiger partial charge in [-0.1, -0.05) is 13.8 Å². The Morgan fingerprint density at radius 3 is 1.56 bits per heavy atom. The predicted octanol–water partition coefficient (Wildman–Crippen LogP) is 1.58. The summed E-state index contributed by atoms with van der Waals surface area (Å²) in [7, 11) is 0. The van der Waals surface area contributed by atoms with Gasteiger partial charge >= 0.3 is 0 Å². The minimum absolute atomic E-state index is 0.513. The Hall–Kier alpha value is -0.660. The third-order valence-corrected chi connectivity index (χ3v) is 0.644. The molecule has 0 aromatic heterocycles. The molecule has 2 heteroatoms. The fourth-order valence-corrected chi connectivity index (χ4v) is 0.285. The molecular formula is C7H14O2. The van der Waals surface area contributed by atoms with Crippen molar-refractivity contribution in [2.24, 2.45) is 0 Å². The van der Waals surface area contributed by atoms with E-state index in [9.17, 15) is 9.59 Å². The molecule has 9 heavy (non-hydrogen) atoms. The van der Waals surface area contributed by atoms with E-state index in [1.807, 2.05) is 13.8 Å². The van der Waals surface area contributed by atoms with E-state index in [1.54, 1.807) is 0 Å². The SMILES string of the molecule is CC.O=CCCCC=O. The van der Waals surface area contributed by atoms with Crippen molar-refractivity contribution in [2.45, 2.75) is 33.1 Å². The molecule has 2 nitrogen and oxygen atoms in total. The molecule has 0 aliphatic heterocycles. The van der Waals surface area contributed by atoms with Crippen LogP contribution < -0.4 is 0 Å². The monoisotopic (exact) mass is 130 g/mol. The van der Waals surface area contributed by atoms with Gasteiger partial charge in [0.05, 0.1) is 0 Å². The smallest absolute Gasteiger partial charge is 0.120 e. The topological polar surface area (TPSA) is 34.1 Å². The number of hydrogen-bond acceptors (Lipinski definition) is 2. The van der Waals surface area contributed by atoms with Crippen molar-refractivity contribution in [3.63, 3.8) is 0 Å². The predicted molar refractivity (Wildman–Crippen MR) is 37.3 cm³/mol. The largest absolute Gasteiger partial charge is 0.303 e. The Bertz CT molecular complexity index is 51.9. The van der Waals surface area contributed by atoms with Crippen LogP contribution in [0, 0.1) is 0 Å². The summed E-state index contributed by atoms with van der Waals surface area (Å²) >= 11 is 0. The minimum Gasteiger partial charge on any atom is -0.303 e. The maximum Gasteiger partial charge on any atom is 0.120 e. The van der Waals surface area contributed by atoms with Crippen molar-refractivity contribution in [1.82, 2.24) is 0 Å². The summed E-state index contributed by atoms with van der Waals surface area (Å²) in [6.45, 7) is 4.00. The Kier molecular flexibility index (Phi) is 19.5. The summed E-state index contributed by atoms with van der Waals surface area (Å²) in [6, 6.07) is 0. The average molecular weight is 130 g/mol. The van der Waals surface area contributed by atoms with Crippen LogP contribution >= 0.6 is 0 Å². The summed E-state index contributed by atoms with van der Waals surface area (Å²) in [4.78, 5) is 19.1. The molecule has 0 bridgehead atoms. The molecule has 0 saturated heterocycles. The zero-order valence-electron chi connectivity index (χ0n) is 6.09. The van der Waals surface area contributed by atoms with E-state index in [1.165, 1.54) is 0 Å². The van der Waals surface area contributed by atoms with Gasteiger partial charge in [-0.3, -0.25) is 0 Å². The highest BCUT2D eigenvalue weighted by Crippen LogP contribution is 1.85. The second-order valence-electron chi connectivity index (χ2n) is 1.26. The van der Waals surface area contributed by atoms with Gasteiger partial charge in [0.25, 0.3) is 0 Å². The molecule has 0 aliphatic carbocycles. The second kappa shape index (κ2) is 15.7. The summed E-state index contributed by atoms with van der Waals surface area (Å²) in [6.07, 6.45) is 3.37. The number of rotatable bonds is 4. The number of hydrogen-bond donors (Lipinski definition) is 0. The Balaban J connectivity index is 0. The molecule has 0 fully saturated rings. The van der Waals surface area contributed by atoms with Gasteiger partial charge in [0.1, 0.15) is 12.6 Å². The van der Waals surface area contributed by atoms with Crippen LogP contribution in [0.2, 0.25) is 0 Å². The van der Waals surface area contributed by atoms with E-state index in [4.69, 9.17) is 0 Å². The minimum atomic E-state index is 0.513. The number of carbonyl (C=O) groups excluding carboxylic acids is 2. The quantitative estimate of drug-likeness (QED) is 0.427. The Morgan fingerprint density at radius 2 is 1.33 bits per heavy atom. The number of unbranched alkanes of at least 4 members (excludes halogenated alkanes) is 2. The first-order valence-corrected chi connectivity index (χ1v) is 3.29. The van der Waals surface area contributed by atoms with E-state index < -0.39 is 0 Å². The lowest BCUT2D eigenvalue weighted by Crippen LogP contribution is -1.76. The van der Waals surface area contributed by atoms with Crippen LogP contribution in [0.1, 0.15) is 33.1 Å². The third-order valence-electron chi connectivity index (χ3n) is 0.644. The summed E-state index contributed by atoms with van der Waals surface area (Å²) in [5.41, 5.74) is 0. The van der Waals surface area contributed by atoms with Crippen molar-refractivity contribution in [1.29, 1.82) is 0 Å². The third kappa shape index (κ3) is 18.8. The van der Waals surface area contributed by atoms with Crippen molar-refractivity contribution in [3.05, 3.63) is 0 Å². The molecule has 0 aliphatic rings. The normalized spacial score (nSPS) is 6.89. The number of aldehydes is 2. The average Bonchev–Trinajstić information content (AvgIpc) is 1.94. The zero-order chi connectivity index (χ0) is 7.54. The molecule has 0 saturated carbocycles. The van der Waals surface area contributed by atoms with Gasteiger partial charge in [0.15, 0.2) is 0 Å². The fraction of sp³-hybridized carbons (Fsp3) is 0.714. The molecule has 0 radical (unpaired) electrons. The first-order chi connectivity index (χ1) is 4.41. The van der Waals surface area contributed by atoms with Gasteiger partial charge in [-0.2, -0.15) is 0 Å². The van der Waals surface area contributed by atoms with E-state index >= 15 is 0 Å². The van der Waals surface area contributed by atoms with Gasteiger partial charge in [-0.25, -0.2) is 0 Å². The van der Waals surface area contributed by atoms with Crippen molar-refractivity contribution >= 4 is 12.6 Å². The second-order valence-corrected chi connectivity index (χ2v) is 1.26. The van der Waals surface area contributed by atoms with E-state index in [0.29, 0.717) is 19.3 Å². The van der Waals surface area contributed by atoms with Crippen LogP contribution in [0.5, 0.6) is 0 Å². The molecule has 0 amide bonds. The van der Waals surface area contributed by atoms with E-state index in [-0.39, 0.29) is 0 Å². The van der Waals surface area contributed by atoms with Gasteiger partial charge in [0.2, 0.25) is 0 Å². The maximum absolute atomic E-state index is 9.56. The van der Waals surface area contributed by atoms with E-state index in [0.717, 1.165) is 12.6 Å². The molecule has 0 aromatic rings. The first kappa shape index (κ1) is 11.2. The Labute approximate surface area is 56.3 Å². The van der Waals surface area contributed by atoms with Crippen LogP contribution in [-0.2, 0) is 9.59 Å². The highest BCUT2D eigenvalue weighted by atomic mass is 16.1. The van der Waals surface area contributed by atoms with Gasteiger partial charge in [-0.05, 0) is 6.42 Å². The molecule has 0 N–H and O–H groups in total. The van der Waals surface area contributed by atoms with Gasteiger partial charge < -0.3 is 9.59 Å². The van der Waals surface area contributed by atoms with Crippen LogP contribution in [0.3, 0.4) is 0 Å². The maximum atomic E-state index is 9.56. The molecule has 0 aromatic carbocycles. The molecule has 0 unspecified atom stereocenters. The van der Waals surface area contributed by atoms with Crippen LogP contribution in [0.4, 0.5) is 0 Å². The Morgan fingerprint density at radius 1 is 1.00 bits per heavy atom. The van der Waals surface area contributed by atoms with Crippen LogP contribution in [-0.4, -0.2) is 12.6 Å². The van der Waals surface area contributed by atoms with Crippen molar-refractivity contribution in [2.75, 3.05) is 0 Å². The molecule has 54 valence electrons. The van der Waals surface area contributed by atoms with Gasteiger partial charge in [0, 0.05) is 12.8 Å². The highest BCUT2D eigenvalue weighted by Gasteiger charge is 1.80. The lowest BCUT2D eigenvalue weighted by Gasteiger charge is -1.78. The molecular weight excluding hydrogens is 116 g/mol. The lowest BCUT2D eigenvalue weighted by atomic mass is 10.3. The highest BCUT2D eigenvalue weighted by molar-refractivity contribution is 5.52. The first-order valence-electron chi connectivity index (χ1n) is 3.29. The molecule has 0 rings (SSSR count). The molecule has 0 heterocycles. The number of carbonyl (C=O) groups is 2. The fourth-order valence-electron chi connectivity index (χ4n) is 0.285.